The zero-order valence-electron chi connectivity index (χ0n) is 25.1. The molecule has 0 aliphatic carbocycles. The highest BCUT2D eigenvalue weighted by Gasteiger charge is 2.53. The first-order valence-electron chi connectivity index (χ1n) is 14.8. The van der Waals surface area contributed by atoms with Crippen molar-refractivity contribution < 1.29 is 45.7 Å². The summed E-state index contributed by atoms with van der Waals surface area (Å²) in [6, 6.07) is 23.8. The summed E-state index contributed by atoms with van der Waals surface area (Å²) < 4.78 is 94.1. The van der Waals surface area contributed by atoms with E-state index in [1.165, 1.54) is 0 Å². The molecule has 2 N–H and O–H groups in total. The van der Waals surface area contributed by atoms with E-state index >= 15 is 0 Å². The molecule has 1 heterocycles. The fraction of sp³-hybridized carbons (Fsp3) is 0.257. The molecule has 0 saturated carbocycles. The predicted octanol–water partition coefficient (Wildman–Crippen LogP) is 8.06. The number of carbonyl (C=O) groups excluding carboxylic acids is 1. The Morgan fingerprint density at radius 3 is 2.08 bits per heavy atom. The molecule has 0 aromatic heterocycles. The average molecular weight is 736 g/mol. The number of benzene rings is 4. The van der Waals surface area contributed by atoms with Crippen molar-refractivity contribution in [2.75, 3.05) is 13.2 Å². The second-order valence-electron chi connectivity index (χ2n) is 11.1. The highest BCUT2D eigenvalue weighted by atomic mass is 79.9. The van der Waals surface area contributed by atoms with Gasteiger partial charge in [0.25, 0.3) is 5.91 Å². The molecular formula is C35H29BrF6N2O4. The van der Waals surface area contributed by atoms with Crippen molar-refractivity contribution in [1.82, 2.24) is 5.32 Å². The standard InChI is InChI=1S/C35H29BrF6N2O4/c36-28-11-7-22(8-12-28)20-33(32(46)43-21-23-17-26(34(37,38)39)19-27(18-23)35(40,41)42)30(24-5-2-1-3-6-24)48-31(44-33)25-9-13-29(14-10-25)47-16-4-15-45/h1-3,5-14,17-19,30,45H,4,15-16,20-21H2,(H,43,46)/t30-,33-/m1/s1. The van der Waals surface area contributed by atoms with Crippen molar-refractivity contribution in [1.29, 1.82) is 0 Å². The number of amides is 1. The fourth-order valence-corrected chi connectivity index (χ4v) is 5.54. The third-order valence-corrected chi connectivity index (χ3v) is 8.15. The van der Waals surface area contributed by atoms with Crippen LogP contribution in [0.1, 0.15) is 45.9 Å². The van der Waals surface area contributed by atoms with Crippen molar-refractivity contribution >= 4 is 27.7 Å². The molecule has 5 rings (SSSR count). The van der Waals surface area contributed by atoms with Gasteiger partial charge >= 0.3 is 12.4 Å². The van der Waals surface area contributed by atoms with Crippen LogP contribution in [0.25, 0.3) is 0 Å². The number of nitrogens with zero attached hydrogens (tertiary/aromatic N) is 1. The normalized spacial score (nSPS) is 17.8. The summed E-state index contributed by atoms with van der Waals surface area (Å²) in [6.07, 6.45) is -10.7. The molecular weight excluding hydrogens is 706 g/mol. The average Bonchev–Trinajstić information content (AvgIpc) is 3.45. The van der Waals surface area contributed by atoms with Crippen molar-refractivity contribution in [3.05, 3.63) is 135 Å². The van der Waals surface area contributed by atoms with Gasteiger partial charge in [-0.2, -0.15) is 26.3 Å². The van der Waals surface area contributed by atoms with Crippen LogP contribution < -0.4 is 10.1 Å². The molecule has 4 aromatic carbocycles. The molecule has 1 aliphatic heterocycles. The van der Waals surface area contributed by atoms with Gasteiger partial charge in [-0.15, -0.1) is 0 Å². The summed E-state index contributed by atoms with van der Waals surface area (Å²) in [5.41, 5.74) is -3.33. The molecule has 0 radical (unpaired) electrons. The van der Waals surface area contributed by atoms with E-state index < -0.39 is 47.6 Å². The lowest BCUT2D eigenvalue weighted by Gasteiger charge is -2.31. The fourth-order valence-electron chi connectivity index (χ4n) is 5.28. The number of hydrogen-bond acceptors (Lipinski definition) is 5. The Morgan fingerprint density at radius 2 is 1.50 bits per heavy atom. The van der Waals surface area contributed by atoms with Gasteiger partial charge < -0.3 is 19.9 Å². The van der Waals surface area contributed by atoms with E-state index in [0.29, 0.717) is 47.6 Å². The molecule has 0 unspecified atom stereocenters. The minimum absolute atomic E-state index is 0.0199. The molecule has 0 fully saturated rings. The number of ether oxygens (including phenoxy) is 2. The molecule has 48 heavy (non-hydrogen) atoms. The van der Waals surface area contributed by atoms with Gasteiger partial charge in [0.2, 0.25) is 5.90 Å². The van der Waals surface area contributed by atoms with Gasteiger partial charge in [0.1, 0.15) is 5.75 Å². The Morgan fingerprint density at radius 1 is 0.875 bits per heavy atom. The van der Waals surface area contributed by atoms with Gasteiger partial charge in [-0.05, 0) is 71.3 Å². The second-order valence-corrected chi connectivity index (χ2v) is 12.0. The van der Waals surface area contributed by atoms with Crippen LogP contribution in [-0.2, 0) is 34.8 Å². The zero-order chi connectivity index (χ0) is 34.5. The number of aliphatic hydroxyl groups is 1. The smallest absolute Gasteiger partial charge is 0.416 e. The van der Waals surface area contributed by atoms with Crippen LogP contribution >= 0.6 is 15.9 Å². The largest absolute Gasteiger partial charge is 0.494 e. The maximum atomic E-state index is 14.3. The van der Waals surface area contributed by atoms with E-state index in [4.69, 9.17) is 19.6 Å². The van der Waals surface area contributed by atoms with Crippen LogP contribution in [0.2, 0.25) is 0 Å². The van der Waals surface area contributed by atoms with Crippen molar-refractivity contribution in [3.8, 4) is 5.75 Å². The Labute approximate surface area is 280 Å². The quantitative estimate of drug-likeness (QED) is 0.121. The highest BCUT2D eigenvalue weighted by Crippen LogP contribution is 2.43. The van der Waals surface area contributed by atoms with Gasteiger partial charge in [0.05, 0.1) is 17.7 Å². The van der Waals surface area contributed by atoms with Gasteiger partial charge in [-0.1, -0.05) is 58.4 Å². The highest BCUT2D eigenvalue weighted by molar-refractivity contribution is 9.10. The number of hydrogen-bond donors (Lipinski definition) is 2. The van der Waals surface area contributed by atoms with Gasteiger partial charge in [0, 0.05) is 36.0 Å². The van der Waals surface area contributed by atoms with Crippen LogP contribution in [0.3, 0.4) is 0 Å². The Bertz CT molecular complexity index is 1710. The summed E-state index contributed by atoms with van der Waals surface area (Å²) in [5.74, 6) is -0.121. The van der Waals surface area contributed by atoms with Crippen molar-refractivity contribution in [3.63, 3.8) is 0 Å². The molecule has 6 nitrogen and oxygen atoms in total. The molecule has 252 valence electrons. The molecule has 0 spiro atoms. The maximum absolute atomic E-state index is 14.3. The topological polar surface area (TPSA) is 80.2 Å². The summed E-state index contributed by atoms with van der Waals surface area (Å²) in [4.78, 5) is 19.2. The summed E-state index contributed by atoms with van der Waals surface area (Å²) in [5, 5.41) is 11.6. The number of carbonyl (C=O) groups is 1. The Hall–Kier alpha value is -4.36. The number of alkyl halides is 6. The summed E-state index contributed by atoms with van der Waals surface area (Å²) in [6.45, 7) is -0.361. The second kappa shape index (κ2) is 14.4. The lowest BCUT2D eigenvalue weighted by molar-refractivity contribution is -0.143. The molecule has 4 aromatic rings. The minimum atomic E-state index is -5.04. The van der Waals surface area contributed by atoms with E-state index in [2.05, 4.69) is 21.2 Å². The summed E-state index contributed by atoms with van der Waals surface area (Å²) >= 11 is 3.39. The van der Waals surface area contributed by atoms with E-state index in [-0.39, 0.29) is 30.6 Å². The van der Waals surface area contributed by atoms with Crippen LogP contribution in [0, 0.1) is 0 Å². The first-order valence-corrected chi connectivity index (χ1v) is 15.5. The Balaban J connectivity index is 1.56. The molecule has 1 amide bonds. The van der Waals surface area contributed by atoms with Crippen LogP contribution in [0.15, 0.2) is 107 Å². The van der Waals surface area contributed by atoms with Crippen molar-refractivity contribution in [2.45, 2.75) is 43.4 Å². The number of rotatable bonds is 11. The predicted molar refractivity (Wildman–Crippen MR) is 169 cm³/mol. The number of aliphatic hydroxyl groups excluding tert-OH is 1. The molecule has 13 heteroatoms. The van der Waals surface area contributed by atoms with Crippen LogP contribution in [-0.4, -0.2) is 35.7 Å². The van der Waals surface area contributed by atoms with Crippen LogP contribution in [0.4, 0.5) is 26.3 Å². The zero-order valence-corrected chi connectivity index (χ0v) is 26.7. The molecule has 1 aliphatic rings. The maximum Gasteiger partial charge on any atom is 0.416 e. The molecule has 0 bridgehead atoms. The monoisotopic (exact) mass is 734 g/mol. The van der Waals surface area contributed by atoms with Crippen molar-refractivity contribution in [2.24, 2.45) is 4.99 Å². The lowest BCUT2D eigenvalue weighted by atomic mass is 9.82. The third-order valence-electron chi connectivity index (χ3n) is 7.62. The van der Waals surface area contributed by atoms with E-state index in [0.717, 1.165) is 4.47 Å². The van der Waals surface area contributed by atoms with E-state index in [9.17, 15) is 31.1 Å². The number of nitrogens with one attached hydrogen (secondary N) is 1. The first kappa shape index (κ1) is 35.0. The molecule has 0 saturated heterocycles. The third kappa shape index (κ3) is 8.19. The SMILES string of the molecule is O=C(NCc1cc(C(F)(F)F)cc(C(F)(F)F)c1)[C@]1(Cc2ccc(Br)cc2)N=C(c2ccc(OCCCO)cc2)O[C@@H]1c1ccccc1. The first-order chi connectivity index (χ1) is 22.8. The van der Waals surface area contributed by atoms with Crippen LogP contribution in [0.5, 0.6) is 5.75 Å². The lowest BCUT2D eigenvalue weighted by Crippen LogP contribution is -2.49. The van der Waals surface area contributed by atoms with Gasteiger partial charge in [0.15, 0.2) is 11.6 Å². The number of halogens is 7. The minimum Gasteiger partial charge on any atom is -0.494 e. The van der Waals surface area contributed by atoms with Gasteiger partial charge in [-0.25, -0.2) is 4.99 Å². The summed E-state index contributed by atoms with van der Waals surface area (Å²) in [7, 11) is 0. The Kier molecular flexibility index (Phi) is 10.5. The van der Waals surface area contributed by atoms with E-state index in [1.54, 1.807) is 78.9 Å². The number of aliphatic imine (C=N–C) groups is 1. The van der Waals surface area contributed by atoms with Gasteiger partial charge in [-0.3, -0.25) is 4.79 Å². The van der Waals surface area contributed by atoms with E-state index in [1.807, 2.05) is 0 Å². The molecule has 2 atom stereocenters.